The van der Waals surface area contributed by atoms with Crippen LogP contribution in [0.15, 0.2) is 96.9 Å². The van der Waals surface area contributed by atoms with Crippen molar-refractivity contribution in [3.05, 3.63) is 125 Å². The summed E-state index contributed by atoms with van der Waals surface area (Å²) in [5.74, 6) is 0.600. The second-order valence-corrected chi connectivity index (χ2v) is 19.6. The number of aromatic nitrogens is 6. The third-order valence-electron chi connectivity index (χ3n) is 12.1. The summed E-state index contributed by atoms with van der Waals surface area (Å²) in [6, 6.07) is 22.6. The molecule has 3 aromatic heterocycles. The molecule has 0 unspecified atom stereocenters. The highest BCUT2D eigenvalue weighted by molar-refractivity contribution is 7.13. The maximum Gasteiger partial charge on any atom is 0.251 e. The molecular weight excluding hydrogens is 967 g/mol. The second kappa shape index (κ2) is 26.7. The van der Waals surface area contributed by atoms with Crippen LogP contribution in [-0.2, 0) is 55.3 Å². The molecule has 4 heterocycles. The van der Waals surface area contributed by atoms with Crippen LogP contribution in [0.4, 0.5) is 5.69 Å². The summed E-state index contributed by atoms with van der Waals surface area (Å²) in [4.78, 5) is 68.5. The molecule has 21 heteroatoms. The molecule has 1 aliphatic rings. The molecule has 7 rings (SSSR count). The minimum Gasteiger partial charge on any atom is -0.491 e. The molecule has 20 nitrogen and oxygen atoms in total. The van der Waals surface area contributed by atoms with Gasteiger partial charge < -0.3 is 54.8 Å². The van der Waals surface area contributed by atoms with Gasteiger partial charge in [-0.3, -0.25) is 19.2 Å². The molecule has 1 fully saturated rings. The van der Waals surface area contributed by atoms with Crippen molar-refractivity contribution in [3.63, 3.8) is 0 Å². The number of anilines is 1. The van der Waals surface area contributed by atoms with Crippen LogP contribution in [0, 0.1) is 12.3 Å². The molecule has 0 spiro atoms. The number of hydrogen-bond donors (Lipinski definition) is 5. The van der Waals surface area contributed by atoms with Crippen molar-refractivity contribution in [1.29, 1.82) is 0 Å². The molecule has 1 saturated heterocycles. The fourth-order valence-corrected chi connectivity index (χ4v) is 8.89. The maximum absolute atomic E-state index is 14.0. The van der Waals surface area contributed by atoms with Crippen LogP contribution in [-0.4, -0.2) is 134 Å². The highest BCUT2D eigenvalue weighted by atomic mass is 32.1. The van der Waals surface area contributed by atoms with E-state index < -0.39 is 29.5 Å². The Morgan fingerprint density at radius 2 is 1.55 bits per heavy atom. The second-order valence-electron chi connectivity index (χ2n) is 18.7. The first kappa shape index (κ1) is 54.6. The monoisotopic (exact) mass is 1030 g/mol. The average Bonchev–Trinajstić information content (AvgIpc) is 4.13. The lowest BCUT2D eigenvalue weighted by Crippen LogP contribution is -2.57. The zero-order valence-electron chi connectivity index (χ0n) is 42.4. The lowest BCUT2D eigenvalue weighted by molar-refractivity contribution is -0.144. The molecule has 4 amide bonds. The fraction of sp³-hybridized carbons (Fsp3) is 0.415. The Balaban J connectivity index is 0.727. The fourth-order valence-electron chi connectivity index (χ4n) is 8.08. The van der Waals surface area contributed by atoms with Crippen LogP contribution in [0.3, 0.4) is 0 Å². The maximum atomic E-state index is 14.0. The number of β-amino-alcohol motifs (C(OH)–C–C–N with tert-alkyl or cyclic N) is 1. The van der Waals surface area contributed by atoms with Gasteiger partial charge in [0.15, 0.2) is 11.6 Å². The van der Waals surface area contributed by atoms with Crippen molar-refractivity contribution in [1.82, 2.24) is 50.6 Å². The predicted octanol–water partition coefficient (Wildman–Crippen LogP) is 4.87. The first-order valence-electron chi connectivity index (χ1n) is 24.5. The van der Waals surface area contributed by atoms with Crippen molar-refractivity contribution < 1.29 is 43.2 Å². The molecule has 3 atom stereocenters. The van der Waals surface area contributed by atoms with Crippen molar-refractivity contribution >= 4 is 40.7 Å². The van der Waals surface area contributed by atoms with Crippen LogP contribution in [0.25, 0.3) is 22.0 Å². The van der Waals surface area contributed by atoms with Gasteiger partial charge in [0, 0.05) is 57.0 Å². The molecule has 3 aromatic carbocycles. The zero-order chi connectivity index (χ0) is 52.5. The SMILES string of the molecule is Cc1ncsc1-c1ccc(CNC(=O)[C@@H]2C[C@@H](O)CN2C(=O)[C@@H](NC(=O)CCOCCOCCOCCOc2cccc(CNC(=O)c3cccc(NCc4nnc(-c5ccncn5)n4C)c3)c2)C(C)(C)C)cc1. The molecule has 74 heavy (non-hydrogen) atoms. The Bertz CT molecular complexity index is 2780. The van der Waals surface area contributed by atoms with Crippen molar-refractivity contribution in [2.45, 2.75) is 78.4 Å². The number of likely N-dealkylation sites (tertiary alicyclic amines) is 1. The first-order valence-corrected chi connectivity index (χ1v) is 25.4. The third-order valence-corrected chi connectivity index (χ3v) is 13.1. The van der Waals surface area contributed by atoms with Crippen LogP contribution >= 0.6 is 11.3 Å². The normalized spacial score (nSPS) is 14.9. The summed E-state index contributed by atoms with van der Waals surface area (Å²) in [6.07, 6.45) is 2.37. The van der Waals surface area contributed by atoms with Crippen LogP contribution in [0.5, 0.6) is 5.75 Å². The standard InChI is InChI=1S/C53H65N11O9S/c1-35-47(74-34-59-35)38-14-12-36(13-15-38)29-57-51(68)44-28-41(65)32-64(44)52(69)48(53(2,3)4)60-46(66)17-19-70-20-21-71-22-23-72-24-25-73-42-11-6-8-37(26-42)30-56-50(67)39-9-7-10-40(27-39)55-31-45-61-62-49(63(45)5)43-16-18-54-33-58-43/h6-16,18,26-27,33-34,41,44,48,55,65H,17,19-25,28-32H2,1-5H3,(H,56,67)(H,57,68)(H,60,66)/t41-,44+,48-/m1/s1. The Kier molecular flexibility index (Phi) is 19.7. The molecule has 0 saturated carbocycles. The lowest BCUT2D eigenvalue weighted by Gasteiger charge is -2.35. The van der Waals surface area contributed by atoms with Crippen LogP contribution in [0.2, 0.25) is 0 Å². The number of aliphatic hydroxyl groups excluding tert-OH is 1. The van der Waals surface area contributed by atoms with Gasteiger partial charge in [-0.2, -0.15) is 0 Å². The number of nitrogens with one attached hydrogen (secondary N) is 4. The van der Waals surface area contributed by atoms with E-state index in [4.69, 9.17) is 18.9 Å². The molecule has 0 radical (unpaired) electrons. The minimum absolute atomic E-state index is 0.0112. The quantitative estimate of drug-likeness (QED) is 0.0455. The van der Waals surface area contributed by atoms with Crippen molar-refractivity contribution in [3.8, 4) is 27.7 Å². The lowest BCUT2D eigenvalue weighted by atomic mass is 9.85. The van der Waals surface area contributed by atoms with Gasteiger partial charge in [0.1, 0.15) is 36.5 Å². The van der Waals surface area contributed by atoms with Gasteiger partial charge in [0.05, 0.1) is 68.4 Å². The predicted molar refractivity (Wildman–Crippen MR) is 278 cm³/mol. The Hall–Kier alpha value is -7.17. The number of aliphatic hydroxyl groups is 1. The summed E-state index contributed by atoms with van der Waals surface area (Å²) >= 11 is 1.57. The number of carbonyl (C=O) groups excluding carboxylic acids is 4. The highest BCUT2D eigenvalue weighted by Gasteiger charge is 2.44. The Labute approximate surface area is 434 Å². The number of benzene rings is 3. The number of aryl methyl sites for hydroxylation is 1. The number of amides is 4. The van der Waals surface area contributed by atoms with Gasteiger partial charge >= 0.3 is 0 Å². The number of ether oxygens (including phenoxy) is 4. The van der Waals surface area contributed by atoms with Gasteiger partial charge in [-0.1, -0.05) is 63.2 Å². The molecular formula is C53H65N11O9S. The summed E-state index contributed by atoms with van der Waals surface area (Å²) < 4.78 is 24.6. The van der Waals surface area contributed by atoms with Gasteiger partial charge in [-0.25, -0.2) is 15.0 Å². The number of carbonyl (C=O) groups is 4. The topological polar surface area (TPSA) is 246 Å². The Morgan fingerprint density at radius 1 is 0.824 bits per heavy atom. The molecule has 5 N–H and O–H groups in total. The van der Waals surface area contributed by atoms with Gasteiger partial charge in [0.2, 0.25) is 17.7 Å². The number of rotatable bonds is 26. The number of hydrogen-bond acceptors (Lipinski definition) is 16. The molecule has 0 aliphatic carbocycles. The number of nitrogens with zero attached hydrogens (tertiary/aromatic N) is 7. The van der Waals surface area contributed by atoms with E-state index in [2.05, 4.69) is 46.4 Å². The van der Waals surface area contributed by atoms with Gasteiger partial charge in [-0.15, -0.1) is 21.5 Å². The third kappa shape index (κ3) is 15.7. The summed E-state index contributed by atoms with van der Waals surface area (Å²) in [5, 5.41) is 31.2. The van der Waals surface area contributed by atoms with E-state index in [0.29, 0.717) is 74.8 Å². The van der Waals surface area contributed by atoms with E-state index in [0.717, 1.165) is 32.9 Å². The van der Waals surface area contributed by atoms with Gasteiger partial charge in [0.25, 0.3) is 5.91 Å². The van der Waals surface area contributed by atoms with E-state index in [1.807, 2.05) is 105 Å². The minimum atomic E-state index is -0.938. The van der Waals surface area contributed by atoms with Crippen molar-refractivity contribution in [2.75, 3.05) is 58.1 Å². The zero-order valence-corrected chi connectivity index (χ0v) is 43.2. The Morgan fingerprint density at radius 3 is 2.27 bits per heavy atom. The first-order chi connectivity index (χ1) is 35.7. The molecule has 392 valence electrons. The van der Waals surface area contributed by atoms with Crippen molar-refractivity contribution in [2.24, 2.45) is 12.5 Å². The van der Waals surface area contributed by atoms with E-state index in [-0.39, 0.29) is 56.9 Å². The van der Waals surface area contributed by atoms with E-state index >= 15 is 0 Å². The number of thiazole rings is 1. The summed E-state index contributed by atoms with van der Waals surface area (Å²) in [5.41, 5.74) is 6.85. The summed E-state index contributed by atoms with van der Waals surface area (Å²) in [7, 11) is 1.87. The molecule has 0 bridgehead atoms. The van der Waals surface area contributed by atoms with Gasteiger partial charge in [-0.05, 0) is 65.4 Å². The van der Waals surface area contributed by atoms with E-state index in [9.17, 15) is 24.3 Å². The smallest absolute Gasteiger partial charge is 0.251 e. The summed E-state index contributed by atoms with van der Waals surface area (Å²) in [6.45, 7) is 10.5. The average molecular weight is 1030 g/mol. The van der Waals surface area contributed by atoms with Crippen LogP contribution in [0.1, 0.15) is 66.6 Å². The molecule has 6 aromatic rings. The van der Waals surface area contributed by atoms with E-state index in [1.165, 1.54) is 11.2 Å². The molecule has 1 aliphatic heterocycles. The largest absolute Gasteiger partial charge is 0.491 e. The van der Waals surface area contributed by atoms with E-state index in [1.54, 1.807) is 35.7 Å². The highest BCUT2D eigenvalue weighted by Crippen LogP contribution is 2.29. The van der Waals surface area contributed by atoms with Crippen LogP contribution < -0.4 is 26.0 Å².